The first kappa shape index (κ1) is 11.4. The van der Waals surface area contributed by atoms with E-state index in [9.17, 15) is 0 Å². The topological polar surface area (TPSA) is 21.6 Å². The number of benzene rings is 1. The molecule has 0 aliphatic carbocycles. The lowest BCUT2D eigenvalue weighted by Crippen LogP contribution is -1.86. The molecular weight excluding hydrogens is 286 g/mol. The molecule has 1 heterocycles. The van der Waals surface area contributed by atoms with Crippen LogP contribution in [0.5, 0.6) is 0 Å². The smallest absolute Gasteiger partial charge is 0.142 e. The molecule has 0 fully saturated rings. The van der Waals surface area contributed by atoms with E-state index in [-0.39, 0.29) is 0 Å². The van der Waals surface area contributed by atoms with Gasteiger partial charge in [-0.25, -0.2) is 0 Å². The predicted molar refractivity (Wildman–Crippen MR) is 70.8 cm³/mol. The van der Waals surface area contributed by atoms with Gasteiger partial charge in [-0.2, -0.15) is 0 Å². The van der Waals surface area contributed by atoms with Gasteiger partial charge in [0.2, 0.25) is 0 Å². The number of oxime groups is 1. The highest BCUT2D eigenvalue weighted by Crippen LogP contribution is 2.11. The van der Waals surface area contributed by atoms with Crippen LogP contribution in [0.1, 0.15) is 10.4 Å². The van der Waals surface area contributed by atoms with Gasteiger partial charge >= 0.3 is 0 Å². The van der Waals surface area contributed by atoms with Crippen LogP contribution >= 0.6 is 27.3 Å². The minimum atomic E-state index is 0.495. The Labute approximate surface area is 107 Å². The number of nitrogens with zero attached hydrogens (tertiary/aromatic N) is 1. The Hall–Kier alpha value is -1.13. The molecule has 16 heavy (non-hydrogen) atoms. The van der Waals surface area contributed by atoms with E-state index < -0.39 is 0 Å². The quantitative estimate of drug-likeness (QED) is 0.616. The van der Waals surface area contributed by atoms with Crippen LogP contribution in [0.4, 0.5) is 0 Å². The lowest BCUT2D eigenvalue weighted by Gasteiger charge is -1.99. The van der Waals surface area contributed by atoms with Gasteiger partial charge in [0.15, 0.2) is 0 Å². The molecule has 2 nitrogen and oxygen atoms in total. The van der Waals surface area contributed by atoms with E-state index in [1.165, 1.54) is 0 Å². The summed E-state index contributed by atoms with van der Waals surface area (Å²) in [4.78, 5) is 6.29. The zero-order valence-corrected chi connectivity index (χ0v) is 10.9. The van der Waals surface area contributed by atoms with E-state index in [1.54, 1.807) is 17.6 Å². The number of hydrogen-bond donors (Lipinski definition) is 0. The van der Waals surface area contributed by atoms with Crippen LogP contribution in [0.2, 0.25) is 0 Å². The predicted octanol–water partition coefficient (Wildman–Crippen LogP) is 4.06. The fourth-order valence-corrected chi connectivity index (χ4v) is 1.99. The fourth-order valence-electron chi connectivity index (χ4n) is 1.15. The van der Waals surface area contributed by atoms with Crippen molar-refractivity contribution < 1.29 is 4.84 Å². The van der Waals surface area contributed by atoms with Gasteiger partial charge in [0, 0.05) is 9.35 Å². The van der Waals surface area contributed by atoms with Crippen LogP contribution in [-0.2, 0) is 11.4 Å². The second-order valence-corrected chi connectivity index (χ2v) is 5.04. The summed E-state index contributed by atoms with van der Waals surface area (Å²) >= 11 is 5.02. The van der Waals surface area contributed by atoms with Crippen molar-refractivity contribution in [3.05, 3.63) is 56.7 Å². The van der Waals surface area contributed by atoms with E-state index in [0.29, 0.717) is 6.61 Å². The van der Waals surface area contributed by atoms with Crippen molar-refractivity contribution in [2.24, 2.45) is 5.16 Å². The Kier molecular flexibility index (Phi) is 4.13. The lowest BCUT2D eigenvalue weighted by atomic mass is 10.2. The third kappa shape index (κ3) is 3.47. The Morgan fingerprint density at radius 3 is 2.75 bits per heavy atom. The summed E-state index contributed by atoms with van der Waals surface area (Å²) in [5, 5.41) is 5.92. The molecule has 0 amide bonds. The Morgan fingerprint density at radius 1 is 1.25 bits per heavy atom. The summed E-state index contributed by atoms with van der Waals surface area (Å²) < 4.78 is 1.07. The van der Waals surface area contributed by atoms with Crippen molar-refractivity contribution in [2.45, 2.75) is 6.61 Å². The molecule has 0 saturated carbocycles. The van der Waals surface area contributed by atoms with E-state index >= 15 is 0 Å². The van der Waals surface area contributed by atoms with Gasteiger partial charge in [-0.05, 0) is 29.1 Å². The number of rotatable bonds is 4. The van der Waals surface area contributed by atoms with Gasteiger partial charge in [0.1, 0.15) is 6.61 Å². The van der Waals surface area contributed by atoms with Gasteiger partial charge in [0.05, 0.1) is 6.21 Å². The van der Waals surface area contributed by atoms with Gasteiger partial charge in [-0.3, -0.25) is 0 Å². The summed E-state index contributed by atoms with van der Waals surface area (Å²) in [6.45, 7) is 0.495. The van der Waals surface area contributed by atoms with Crippen LogP contribution in [0.15, 0.2) is 51.4 Å². The van der Waals surface area contributed by atoms with Gasteiger partial charge in [0.25, 0.3) is 0 Å². The van der Waals surface area contributed by atoms with E-state index in [4.69, 9.17) is 4.84 Å². The molecule has 4 heteroatoms. The van der Waals surface area contributed by atoms with E-state index in [2.05, 4.69) is 21.1 Å². The molecule has 0 saturated heterocycles. The molecule has 0 atom stereocenters. The zero-order chi connectivity index (χ0) is 11.2. The van der Waals surface area contributed by atoms with Crippen molar-refractivity contribution in [2.75, 3.05) is 0 Å². The van der Waals surface area contributed by atoms with Gasteiger partial charge in [-0.15, -0.1) is 11.3 Å². The summed E-state index contributed by atoms with van der Waals surface area (Å²) in [5.41, 5.74) is 1.10. The summed E-state index contributed by atoms with van der Waals surface area (Å²) in [5.74, 6) is 0. The normalized spacial score (nSPS) is 10.8. The van der Waals surface area contributed by atoms with Crippen LogP contribution in [0.25, 0.3) is 0 Å². The van der Waals surface area contributed by atoms with Crippen molar-refractivity contribution >= 4 is 33.5 Å². The minimum Gasteiger partial charge on any atom is -0.391 e. The zero-order valence-electron chi connectivity index (χ0n) is 8.47. The first-order valence-corrected chi connectivity index (χ1v) is 6.45. The molecule has 1 aromatic carbocycles. The third-order valence-electron chi connectivity index (χ3n) is 1.94. The largest absolute Gasteiger partial charge is 0.391 e. The number of hydrogen-bond acceptors (Lipinski definition) is 3. The summed E-state index contributed by atoms with van der Waals surface area (Å²) in [6, 6.07) is 12.0. The third-order valence-corrected chi connectivity index (χ3v) is 3.28. The summed E-state index contributed by atoms with van der Waals surface area (Å²) in [6.07, 6.45) is 1.73. The van der Waals surface area contributed by atoms with Crippen LogP contribution in [0.3, 0.4) is 0 Å². The van der Waals surface area contributed by atoms with Crippen molar-refractivity contribution in [3.63, 3.8) is 0 Å². The van der Waals surface area contributed by atoms with Gasteiger partial charge in [-0.1, -0.05) is 39.3 Å². The Morgan fingerprint density at radius 2 is 2.06 bits per heavy atom. The molecule has 0 aliphatic heterocycles. The molecule has 0 bridgehead atoms. The average Bonchev–Trinajstić information content (AvgIpc) is 2.80. The minimum absolute atomic E-state index is 0.495. The molecular formula is C12H10BrNOS. The Balaban J connectivity index is 1.82. The van der Waals surface area contributed by atoms with E-state index in [1.807, 2.05) is 41.8 Å². The van der Waals surface area contributed by atoms with Crippen LogP contribution in [0, 0.1) is 0 Å². The monoisotopic (exact) mass is 295 g/mol. The molecule has 2 rings (SSSR count). The lowest BCUT2D eigenvalue weighted by molar-refractivity contribution is 0.132. The molecule has 1 aromatic heterocycles. The van der Waals surface area contributed by atoms with Crippen LogP contribution in [-0.4, -0.2) is 6.21 Å². The average molecular weight is 296 g/mol. The fraction of sp³-hybridized carbons (Fsp3) is 0.0833. The molecule has 82 valence electrons. The molecule has 0 radical (unpaired) electrons. The maximum atomic E-state index is 5.19. The number of thiophene rings is 1. The first-order chi connectivity index (χ1) is 7.84. The molecule has 0 aliphatic rings. The maximum absolute atomic E-state index is 5.19. The van der Waals surface area contributed by atoms with Crippen molar-refractivity contribution in [1.29, 1.82) is 0 Å². The standard InChI is InChI=1S/C12H10BrNOS/c13-11-5-3-10(4-6-11)9-15-14-8-12-2-1-7-16-12/h1-8H,9H2/b14-8+. The highest BCUT2D eigenvalue weighted by molar-refractivity contribution is 9.10. The SMILES string of the molecule is Brc1ccc(CO/N=C/c2cccs2)cc1. The molecule has 0 N–H and O–H groups in total. The highest BCUT2D eigenvalue weighted by atomic mass is 79.9. The molecule has 0 spiro atoms. The second-order valence-electron chi connectivity index (χ2n) is 3.15. The summed E-state index contributed by atoms with van der Waals surface area (Å²) in [7, 11) is 0. The van der Waals surface area contributed by atoms with Gasteiger partial charge < -0.3 is 4.84 Å². The van der Waals surface area contributed by atoms with Crippen molar-refractivity contribution in [3.8, 4) is 0 Å². The second kappa shape index (κ2) is 5.82. The van der Waals surface area contributed by atoms with Crippen molar-refractivity contribution in [1.82, 2.24) is 0 Å². The number of halogens is 1. The Bertz CT molecular complexity index is 450. The van der Waals surface area contributed by atoms with E-state index in [0.717, 1.165) is 14.9 Å². The highest BCUT2D eigenvalue weighted by Gasteiger charge is 1.92. The molecule has 2 aromatic rings. The maximum Gasteiger partial charge on any atom is 0.142 e. The van der Waals surface area contributed by atoms with Crippen LogP contribution < -0.4 is 0 Å². The first-order valence-electron chi connectivity index (χ1n) is 4.78. The molecule has 0 unspecified atom stereocenters.